The van der Waals surface area contributed by atoms with Crippen LogP contribution >= 0.6 is 34.5 Å². The van der Waals surface area contributed by atoms with E-state index in [4.69, 9.17) is 23.2 Å². The molecule has 1 saturated heterocycles. The molecule has 0 bridgehead atoms. The Hall–Kier alpha value is -0.290. The maximum atomic E-state index is 12.2. The summed E-state index contributed by atoms with van der Waals surface area (Å²) in [5.41, 5.74) is 0.519. The van der Waals surface area contributed by atoms with Gasteiger partial charge in [-0.25, -0.2) is 0 Å². The molecule has 1 aromatic heterocycles. The Morgan fingerprint density at radius 3 is 2.94 bits per heavy atom. The molecule has 1 aliphatic heterocycles. The van der Waals surface area contributed by atoms with E-state index in [1.165, 1.54) is 11.3 Å². The molecule has 88 valence electrons. The minimum Gasteiger partial charge on any atom is -0.333 e. The van der Waals surface area contributed by atoms with Crippen molar-refractivity contribution < 1.29 is 4.79 Å². The fraction of sp³-hybridized carbons (Fsp3) is 0.500. The molecule has 1 unspecified atom stereocenters. The summed E-state index contributed by atoms with van der Waals surface area (Å²) in [7, 11) is 0. The Morgan fingerprint density at radius 2 is 2.38 bits per heavy atom. The normalized spacial score (nSPS) is 21.2. The molecule has 1 atom stereocenters. The average molecular weight is 279 g/mol. The van der Waals surface area contributed by atoms with E-state index >= 15 is 0 Å². The highest BCUT2D eigenvalue weighted by molar-refractivity contribution is 7.20. The number of hydrogen-bond acceptors (Lipinski definition) is 3. The van der Waals surface area contributed by atoms with E-state index in [0.29, 0.717) is 20.8 Å². The summed E-state index contributed by atoms with van der Waals surface area (Å²) < 4.78 is 1.02. The van der Waals surface area contributed by atoms with Gasteiger partial charge in [-0.05, 0) is 13.0 Å². The second-order valence-electron chi connectivity index (χ2n) is 3.79. The Kier molecular flexibility index (Phi) is 3.74. The minimum absolute atomic E-state index is 0.0258. The van der Waals surface area contributed by atoms with Crippen LogP contribution in [0.25, 0.3) is 0 Å². The summed E-state index contributed by atoms with van der Waals surface area (Å²) in [4.78, 5) is 14.0. The summed E-state index contributed by atoms with van der Waals surface area (Å²) >= 11 is 13.0. The van der Waals surface area contributed by atoms with Gasteiger partial charge in [0.25, 0.3) is 5.91 Å². The van der Waals surface area contributed by atoms with Crippen molar-refractivity contribution in [2.45, 2.75) is 13.0 Å². The van der Waals surface area contributed by atoms with Crippen LogP contribution in [0.2, 0.25) is 8.67 Å². The van der Waals surface area contributed by atoms with Gasteiger partial charge in [0.2, 0.25) is 0 Å². The monoisotopic (exact) mass is 278 g/mol. The number of thiophene rings is 1. The lowest BCUT2D eigenvalue weighted by molar-refractivity contribution is 0.0656. The summed E-state index contributed by atoms with van der Waals surface area (Å²) in [6.45, 7) is 4.38. The van der Waals surface area contributed by atoms with Gasteiger partial charge in [0.05, 0.1) is 9.90 Å². The molecule has 2 heterocycles. The van der Waals surface area contributed by atoms with Gasteiger partial charge in [-0.15, -0.1) is 11.3 Å². The topological polar surface area (TPSA) is 32.3 Å². The summed E-state index contributed by atoms with van der Waals surface area (Å²) in [6.07, 6.45) is 0. The molecule has 0 aromatic carbocycles. The molecule has 3 nitrogen and oxygen atoms in total. The number of carbonyl (C=O) groups excluding carboxylic acids is 1. The van der Waals surface area contributed by atoms with Crippen molar-refractivity contribution in [1.29, 1.82) is 0 Å². The highest BCUT2D eigenvalue weighted by atomic mass is 35.5. The van der Waals surface area contributed by atoms with Gasteiger partial charge in [-0.1, -0.05) is 23.2 Å². The number of nitrogens with one attached hydrogen (secondary N) is 1. The highest BCUT2D eigenvalue weighted by Gasteiger charge is 2.26. The molecule has 1 N–H and O–H groups in total. The van der Waals surface area contributed by atoms with Crippen molar-refractivity contribution in [2.24, 2.45) is 0 Å². The predicted octanol–water partition coefficient (Wildman–Crippen LogP) is 2.49. The predicted molar refractivity (Wildman–Crippen MR) is 67.7 cm³/mol. The first-order valence-electron chi connectivity index (χ1n) is 5.06. The number of rotatable bonds is 1. The van der Waals surface area contributed by atoms with E-state index in [1.54, 1.807) is 6.07 Å². The molecular formula is C10H12Cl2N2OS. The van der Waals surface area contributed by atoms with Crippen LogP contribution in [0.15, 0.2) is 6.07 Å². The van der Waals surface area contributed by atoms with Gasteiger partial charge in [-0.3, -0.25) is 4.79 Å². The van der Waals surface area contributed by atoms with Crippen LogP contribution in [0.4, 0.5) is 0 Å². The zero-order valence-corrected chi connectivity index (χ0v) is 11.1. The minimum atomic E-state index is -0.0258. The fourth-order valence-electron chi connectivity index (χ4n) is 1.78. The highest BCUT2D eigenvalue weighted by Crippen LogP contribution is 2.32. The van der Waals surface area contributed by atoms with Gasteiger partial charge in [0.15, 0.2) is 0 Å². The third-order valence-electron chi connectivity index (χ3n) is 2.65. The number of carbonyl (C=O) groups is 1. The first-order chi connectivity index (χ1) is 7.59. The van der Waals surface area contributed by atoms with E-state index < -0.39 is 0 Å². The van der Waals surface area contributed by atoms with E-state index in [2.05, 4.69) is 5.32 Å². The molecule has 2 rings (SSSR count). The molecule has 1 aliphatic rings. The Bertz CT molecular complexity index is 408. The summed E-state index contributed by atoms with van der Waals surface area (Å²) in [6, 6.07) is 1.84. The second kappa shape index (κ2) is 4.92. The van der Waals surface area contributed by atoms with E-state index in [-0.39, 0.29) is 11.9 Å². The Morgan fingerprint density at radius 1 is 1.62 bits per heavy atom. The van der Waals surface area contributed by atoms with Gasteiger partial charge in [0, 0.05) is 25.7 Å². The summed E-state index contributed by atoms with van der Waals surface area (Å²) in [5, 5.41) is 3.24. The fourth-order valence-corrected chi connectivity index (χ4v) is 3.23. The molecule has 1 amide bonds. The molecule has 16 heavy (non-hydrogen) atoms. The zero-order chi connectivity index (χ0) is 11.7. The van der Waals surface area contributed by atoms with Crippen molar-refractivity contribution in [3.05, 3.63) is 20.3 Å². The van der Waals surface area contributed by atoms with Crippen molar-refractivity contribution in [3.8, 4) is 0 Å². The third kappa shape index (κ3) is 2.35. The average Bonchev–Trinajstić information content (AvgIpc) is 2.58. The van der Waals surface area contributed by atoms with Gasteiger partial charge in [0.1, 0.15) is 4.34 Å². The SMILES string of the molecule is CC1CNCCN1C(=O)c1cc(Cl)sc1Cl. The standard InChI is InChI=1S/C10H12Cl2N2OS/c1-6-5-13-2-3-14(6)10(15)7-4-8(11)16-9(7)12/h4,6,13H,2-3,5H2,1H3. The Labute approximate surface area is 108 Å². The molecular weight excluding hydrogens is 267 g/mol. The van der Waals surface area contributed by atoms with Crippen LogP contribution in [0.5, 0.6) is 0 Å². The maximum Gasteiger partial charge on any atom is 0.256 e. The molecule has 0 aliphatic carbocycles. The van der Waals surface area contributed by atoms with Crippen LogP contribution < -0.4 is 5.32 Å². The maximum absolute atomic E-state index is 12.2. The first kappa shape index (κ1) is 12.2. The van der Waals surface area contributed by atoms with Crippen molar-refractivity contribution >= 4 is 40.4 Å². The van der Waals surface area contributed by atoms with Crippen LogP contribution in [0.3, 0.4) is 0 Å². The van der Waals surface area contributed by atoms with Crippen LogP contribution in [-0.4, -0.2) is 36.5 Å². The van der Waals surface area contributed by atoms with E-state index in [0.717, 1.165) is 13.1 Å². The van der Waals surface area contributed by atoms with Crippen molar-refractivity contribution in [1.82, 2.24) is 10.2 Å². The molecule has 6 heteroatoms. The number of piperazine rings is 1. The zero-order valence-electron chi connectivity index (χ0n) is 8.80. The number of halogens is 2. The van der Waals surface area contributed by atoms with Crippen LogP contribution in [0, 0.1) is 0 Å². The smallest absolute Gasteiger partial charge is 0.256 e. The number of amides is 1. The molecule has 0 radical (unpaired) electrons. The Balaban J connectivity index is 2.21. The van der Waals surface area contributed by atoms with Crippen LogP contribution in [0.1, 0.15) is 17.3 Å². The third-order valence-corrected chi connectivity index (χ3v) is 4.14. The van der Waals surface area contributed by atoms with Gasteiger partial charge in [-0.2, -0.15) is 0 Å². The number of nitrogens with zero attached hydrogens (tertiary/aromatic N) is 1. The van der Waals surface area contributed by atoms with Gasteiger partial charge < -0.3 is 10.2 Å². The molecule has 1 fully saturated rings. The summed E-state index contributed by atoms with van der Waals surface area (Å²) in [5.74, 6) is -0.0258. The lowest BCUT2D eigenvalue weighted by atomic mass is 10.2. The number of hydrogen-bond donors (Lipinski definition) is 1. The second-order valence-corrected chi connectivity index (χ2v) is 6.08. The first-order valence-corrected chi connectivity index (χ1v) is 6.63. The lowest BCUT2D eigenvalue weighted by Gasteiger charge is -2.33. The van der Waals surface area contributed by atoms with Crippen molar-refractivity contribution in [3.63, 3.8) is 0 Å². The largest absolute Gasteiger partial charge is 0.333 e. The lowest BCUT2D eigenvalue weighted by Crippen LogP contribution is -2.52. The molecule has 0 spiro atoms. The van der Waals surface area contributed by atoms with Crippen molar-refractivity contribution in [2.75, 3.05) is 19.6 Å². The quantitative estimate of drug-likeness (QED) is 0.856. The van der Waals surface area contributed by atoms with E-state index in [9.17, 15) is 4.79 Å². The van der Waals surface area contributed by atoms with E-state index in [1.807, 2.05) is 11.8 Å². The van der Waals surface area contributed by atoms with Gasteiger partial charge >= 0.3 is 0 Å². The van der Waals surface area contributed by atoms with Crippen LogP contribution in [-0.2, 0) is 0 Å². The molecule has 0 saturated carbocycles. The molecule has 1 aromatic rings.